The van der Waals surface area contributed by atoms with Gasteiger partial charge in [0.1, 0.15) is 13.2 Å². The second-order valence-electron chi connectivity index (χ2n) is 4.37. The molecular formula is C19H20O2. The molecule has 0 radical (unpaired) electrons. The number of hydrogen-bond acceptors (Lipinski definition) is 2. The average molecular weight is 280 g/mol. The molecule has 1 aromatic carbocycles. The van der Waals surface area contributed by atoms with Crippen molar-refractivity contribution in [1.82, 2.24) is 0 Å². The molecule has 1 aromatic rings. The van der Waals surface area contributed by atoms with Crippen molar-refractivity contribution in [3.63, 3.8) is 0 Å². The first-order chi connectivity index (χ1) is 10.4. The van der Waals surface area contributed by atoms with Gasteiger partial charge >= 0.3 is 0 Å². The molecule has 0 spiro atoms. The fourth-order valence-electron chi connectivity index (χ4n) is 1.71. The molecule has 0 heterocycles. The molecule has 0 aliphatic rings. The summed E-state index contributed by atoms with van der Waals surface area (Å²) in [5, 5.41) is 0. The van der Waals surface area contributed by atoms with Crippen LogP contribution in [0.3, 0.4) is 0 Å². The van der Waals surface area contributed by atoms with E-state index in [1.165, 1.54) is 0 Å². The molecule has 0 saturated heterocycles. The lowest BCUT2D eigenvalue weighted by Gasteiger charge is -2.15. The van der Waals surface area contributed by atoms with Gasteiger partial charge in [-0.3, -0.25) is 0 Å². The summed E-state index contributed by atoms with van der Waals surface area (Å²) in [7, 11) is 0. The van der Waals surface area contributed by atoms with E-state index in [9.17, 15) is 0 Å². The molecule has 0 N–H and O–H groups in total. The highest BCUT2D eigenvalue weighted by Crippen LogP contribution is 2.08. The van der Waals surface area contributed by atoms with E-state index in [0.29, 0.717) is 0 Å². The molecule has 0 atom stereocenters. The van der Waals surface area contributed by atoms with Crippen LogP contribution in [0.25, 0.3) is 0 Å². The van der Waals surface area contributed by atoms with Crippen LogP contribution in [-0.2, 0) is 9.47 Å². The zero-order valence-corrected chi connectivity index (χ0v) is 12.2. The number of rotatable bonds is 8. The second kappa shape index (κ2) is 11.6. The molecule has 0 amide bonds. The molecule has 0 saturated carbocycles. The molecule has 0 aliphatic carbocycles. The predicted octanol–water partition coefficient (Wildman–Crippen LogP) is 3.22. The minimum absolute atomic E-state index is 0.239. The highest BCUT2D eigenvalue weighted by atomic mass is 16.7. The van der Waals surface area contributed by atoms with E-state index in [2.05, 4.69) is 23.7 Å². The monoisotopic (exact) mass is 280 g/mol. The van der Waals surface area contributed by atoms with Gasteiger partial charge in [-0.1, -0.05) is 41.9 Å². The number of unbranched alkanes of at least 4 members (excludes halogenated alkanes) is 2. The maximum Gasteiger partial charge on any atom is 0.160 e. The van der Waals surface area contributed by atoms with Crippen molar-refractivity contribution in [3.8, 4) is 36.5 Å². The molecule has 0 bridgehead atoms. The number of terminal acetylenes is 2. The second-order valence-corrected chi connectivity index (χ2v) is 4.37. The Kier molecular flexibility index (Phi) is 9.34. The third-order valence-electron chi connectivity index (χ3n) is 2.70. The maximum atomic E-state index is 5.38. The zero-order chi connectivity index (χ0) is 15.2. The van der Waals surface area contributed by atoms with Gasteiger partial charge in [0, 0.05) is 12.0 Å². The summed E-state index contributed by atoms with van der Waals surface area (Å²) in [5.41, 5.74) is 1.05. The Hall–Kier alpha value is -2.18. The standard InChI is InChI=1S/C19H20O2/c1-3-16-20-19(21-17-4-2)15-11-6-5-8-12-18-13-9-7-10-14-18/h1-2,7,9-10,13-14,19H,5-6,11,15-17H2. The van der Waals surface area contributed by atoms with E-state index in [0.717, 1.165) is 31.2 Å². The number of ether oxygens (including phenoxy) is 2. The Morgan fingerprint density at radius 2 is 1.62 bits per heavy atom. The van der Waals surface area contributed by atoms with Gasteiger partial charge in [0.05, 0.1) is 0 Å². The van der Waals surface area contributed by atoms with Gasteiger partial charge in [-0.15, -0.1) is 12.8 Å². The van der Waals surface area contributed by atoms with Crippen molar-refractivity contribution in [2.45, 2.75) is 32.0 Å². The summed E-state index contributed by atoms with van der Waals surface area (Å²) >= 11 is 0. The molecular weight excluding hydrogens is 260 g/mol. The van der Waals surface area contributed by atoms with Crippen molar-refractivity contribution in [2.24, 2.45) is 0 Å². The van der Waals surface area contributed by atoms with E-state index in [4.69, 9.17) is 22.3 Å². The minimum Gasteiger partial charge on any atom is -0.340 e. The van der Waals surface area contributed by atoms with Crippen LogP contribution in [0.4, 0.5) is 0 Å². The lowest BCUT2D eigenvalue weighted by molar-refractivity contribution is -0.128. The van der Waals surface area contributed by atoms with Crippen molar-refractivity contribution in [3.05, 3.63) is 35.9 Å². The van der Waals surface area contributed by atoms with Gasteiger partial charge in [-0.2, -0.15) is 0 Å². The summed E-state index contributed by atoms with van der Waals surface area (Å²) in [6.45, 7) is 0.478. The van der Waals surface area contributed by atoms with Crippen LogP contribution in [-0.4, -0.2) is 19.5 Å². The largest absolute Gasteiger partial charge is 0.340 e. The molecule has 2 nitrogen and oxygen atoms in total. The summed E-state index contributed by atoms with van der Waals surface area (Å²) in [4.78, 5) is 0. The molecule has 21 heavy (non-hydrogen) atoms. The van der Waals surface area contributed by atoms with Gasteiger partial charge in [0.2, 0.25) is 0 Å². The van der Waals surface area contributed by atoms with Gasteiger partial charge in [-0.05, 0) is 31.4 Å². The van der Waals surface area contributed by atoms with Gasteiger partial charge < -0.3 is 9.47 Å². The molecule has 108 valence electrons. The molecule has 0 aromatic heterocycles. The maximum absolute atomic E-state index is 5.38. The Bertz CT molecular complexity index is 505. The van der Waals surface area contributed by atoms with Gasteiger partial charge in [-0.25, -0.2) is 0 Å². The fraction of sp³-hybridized carbons (Fsp3) is 0.368. The van der Waals surface area contributed by atoms with Crippen LogP contribution in [0.1, 0.15) is 31.2 Å². The van der Waals surface area contributed by atoms with E-state index in [1.54, 1.807) is 0 Å². The first-order valence-electron chi connectivity index (χ1n) is 7.01. The Balaban J connectivity index is 2.20. The van der Waals surface area contributed by atoms with E-state index in [-0.39, 0.29) is 19.5 Å². The van der Waals surface area contributed by atoms with Crippen LogP contribution in [0.15, 0.2) is 30.3 Å². The zero-order valence-electron chi connectivity index (χ0n) is 12.2. The minimum atomic E-state index is -0.320. The summed E-state index contributed by atoms with van der Waals surface area (Å²) in [6.07, 6.45) is 13.6. The lowest BCUT2D eigenvalue weighted by Crippen LogP contribution is -2.17. The third kappa shape index (κ3) is 8.56. The Labute approximate surface area is 127 Å². The number of benzene rings is 1. The summed E-state index contributed by atoms with van der Waals surface area (Å²) in [6, 6.07) is 9.97. The molecule has 0 fully saturated rings. The van der Waals surface area contributed by atoms with E-state index < -0.39 is 0 Å². The lowest BCUT2D eigenvalue weighted by atomic mass is 10.1. The molecule has 0 unspecified atom stereocenters. The van der Waals surface area contributed by atoms with Crippen molar-refractivity contribution < 1.29 is 9.47 Å². The van der Waals surface area contributed by atoms with Crippen molar-refractivity contribution >= 4 is 0 Å². The van der Waals surface area contributed by atoms with Crippen molar-refractivity contribution in [1.29, 1.82) is 0 Å². The van der Waals surface area contributed by atoms with E-state index in [1.807, 2.05) is 30.3 Å². The highest BCUT2D eigenvalue weighted by Gasteiger charge is 2.07. The quantitative estimate of drug-likeness (QED) is 0.413. The van der Waals surface area contributed by atoms with Crippen LogP contribution in [0.5, 0.6) is 0 Å². The third-order valence-corrected chi connectivity index (χ3v) is 2.70. The normalized spacial score (nSPS) is 9.48. The molecule has 2 heteroatoms. The van der Waals surface area contributed by atoms with E-state index >= 15 is 0 Å². The van der Waals surface area contributed by atoms with Crippen LogP contribution in [0, 0.1) is 36.5 Å². The van der Waals surface area contributed by atoms with Gasteiger partial charge in [0.25, 0.3) is 0 Å². The Morgan fingerprint density at radius 1 is 0.952 bits per heavy atom. The van der Waals surface area contributed by atoms with Crippen LogP contribution >= 0.6 is 0 Å². The Morgan fingerprint density at radius 3 is 2.24 bits per heavy atom. The molecule has 0 aliphatic heterocycles. The summed E-state index contributed by atoms with van der Waals surface area (Å²) in [5.74, 6) is 11.2. The summed E-state index contributed by atoms with van der Waals surface area (Å²) < 4.78 is 10.8. The first kappa shape index (κ1) is 16.9. The average Bonchev–Trinajstić information content (AvgIpc) is 2.53. The topological polar surface area (TPSA) is 18.5 Å². The van der Waals surface area contributed by atoms with Crippen molar-refractivity contribution in [2.75, 3.05) is 13.2 Å². The fourth-order valence-corrected chi connectivity index (χ4v) is 1.71. The van der Waals surface area contributed by atoms with Gasteiger partial charge in [0.15, 0.2) is 6.29 Å². The first-order valence-corrected chi connectivity index (χ1v) is 7.01. The predicted molar refractivity (Wildman–Crippen MR) is 85.1 cm³/mol. The smallest absolute Gasteiger partial charge is 0.160 e. The highest BCUT2D eigenvalue weighted by molar-refractivity contribution is 5.33. The number of hydrogen-bond donors (Lipinski definition) is 0. The van der Waals surface area contributed by atoms with Crippen LogP contribution in [0.2, 0.25) is 0 Å². The molecule has 1 rings (SSSR count). The SMILES string of the molecule is C#CCOC(CCCCC#Cc1ccccc1)OCC#C. The van der Waals surface area contributed by atoms with Crippen LogP contribution < -0.4 is 0 Å².